The van der Waals surface area contributed by atoms with Crippen molar-refractivity contribution in [2.24, 2.45) is 5.92 Å². The van der Waals surface area contributed by atoms with E-state index in [1.54, 1.807) is 26.0 Å². The molecule has 1 saturated heterocycles. The topological polar surface area (TPSA) is 110 Å². The van der Waals surface area contributed by atoms with Crippen LogP contribution in [0.4, 0.5) is 0 Å². The minimum atomic E-state index is -1.45. The number of hydrogen-bond acceptors (Lipinski definition) is 7. The number of aldehydes is 1. The third kappa shape index (κ3) is 4.43. The Morgan fingerprint density at radius 3 is 2.78 bits per heavy atom. The SMILES string of the molecule is C=C1C(=O)O[C@@H]2C=C(CO)CC/C=C(/C=O)[C@H](O)[C@@H](OC(=O)/C(C)=C/C)[C@@H]12. The normalized spacial score (nSPS) is 31.2. The molecule has 7 nitrogen and oxygen atoms in total. The number of carbonyl (C=O) groups is 3. The molecule has 0 amide bonds. The number of aliphatic hydroxyl groups is 2. The Labute approximate surface area is 157 Å². The summed E-state index contributed by atoms with van der Waals surface area (Å²) in [7, 11) is 0. The summed E-state index contributed by atoms with van der Waals surface area (Å²) in [6.45, 7) is 6.68. The van der Waals surface area contributed by atoms with Gasteiger partial charge in [0.25, 0.3) is 0 Å². The fourth-order valence-corrected chi connectivity index (χ4v) is 3.10. The number of aliphatic hydroxyl groups excluding tert-OH is 2. The van der Waals surface area contributed by atoms with E-state index in [0.717, 1.165) is 0 Å². The fraction of sp³-hybridized carbons (Fsp3) is 0.450. The average molecular weight is 376 g/mol. The lowest BCUT2D eigenvalue weighted by Crippen LogP contribution is -2.43. The van der Waals surface area contributed by atoms with Crippen molar-refractivity contribution in [3.05, 3.63) is 47.1 Å². The largest absolute Gasteiger partial charge is 0.455 e. The molecule has 2 rings (SSSR count). The molecule has 146 valence electrons. The molecular weight excluding hydrogens is 352 g/mol. The highest BCUT2D eigenvalue weighted by Crippen LogP contribution is 2.36. The van der Waals surface area contributed by atoms with Crippen molar-refractivity contribution in [3.8, 4) is 0 Å². The molecule has 0 saturated carbocycles. The Balaban J connectivity index is 2.54. The first-order chi connectivity index (χ1) is 12.8. The minimum Gasteiger partial charge on any atom is -0.455 e. The van der Waals surface area contributed by atoms with Crippen molar-refractivity contribution in [1.29, 1.82) is 0 Å². The van der Waals surface area contributed by atoms with E-state index < -0.39 is 36.2 Å². The van der Waals surface area contributed by atoms with Gasteiger partial charge in [-0.2, -0.15) is 0 Å². The molecule has 1 fully saturated rings. The van der Waals surface area contributed by atoms with Crippen molar-refractivity contribution in [2.75, 3.05) is 6.61 Å². The highest BCUT2D eigenvalue weighted by molar-refractivity contribution is 5.92. The molecule has 0 aromatic heterocycles. The van der Waals surface area contributed by atoms with E-state index in [0.29, 0.717) is 30.3 Å². The van der Waals surface area contributed by atoms with Crippen LogP contribution in [0.5, 0.6) is 0 Å². The van der Waals surface area contributed by atoms with Gasteiger partial charge >= 0.3 is 11.9 Å². The molecule has 2 aliphatic rings. The first-order valence-corrected chi connectivity index (χ1v) is 8.71. The molecule has 2 N–H and O–H groups in total. The van der Waals surface area contributed by atoms with E-state index in [4.69, 9.17) is 9.47 Å². The van der Waals surface area contributed by atoms with Crippen LogP contribution in [0, 0.1) is 5.92 Å². The predicted octanol–water partition coefficient (Wildman–Crippen LogP) is 1.16. The summed E-state index contributed by atoms with van der Waals surface area (Å²) in [6, 6.07) is 0. The van der Waals surface area contributed by atoms with Gasteiger partial charge in [0.15, 0.2) is 0 Å². The van der Waals surface area contributed by atoms with Crippen LogP contribution in [0.15, 0.2) is 47.1 Å². The maximum Gasteiger partial charge on any atom is 0.334 e. The number of fused-ring (bicyclic) bond motifs is 1. The second-order valence-corrected chi connectivity index (χ2v) is 6.55. The van der Waals surface area contributed by atoms with Crippen LogP contribution >= 0.6 is 0 Å². The predicted molar refractivity (Wildman–Crippen MR) is 96.4 cm³/mol. The van der Waals surface area contributed by atoms with E-state index >= 15 is 0 Å². The number of hydrogen-bond donors (Lipinski definition) is 2. The summed E-state index contributed by atoms with van der Waals surface area (Å²) in [5, 5.41) is 20.3. The molecule has 7 heteroatoms. The lowest BCUT2D eigenvalue weighted by atomic mass is 9.83. The van der Waals surface area contributed by atoms with Gasteiger partial charge in [-0.3, -0.25) is 4.79 Å². The van der Waals surface area contributed by atoms with Gasteiger partial charge in [-0.05, 0) is 38.3 Å². The zero-order chi connectivity index (χ0) is 20.1. The molecule has 4 atom stereocenters. The Morgan fingerprint density at radius 2 is 2.19 bits per heavy atom. The molecule has 1 heterocycles. The van der Waals surface area contributed by atoms with Crippen molar-refractivity contribution >= 4 is 18.2 Å². The molecular formula is C20H24O7. The lowest BCUT2D eigenvalue weighted by Gasteiger charge is -2.30. The molecule has 0 spiro atoms. The smallest absolute Gasteiger partial charge is 0.334 e. The monoisotopic (exact) mass is 376 g/mol. The Hall–Kier alpha value is -2.51. The second kappa shape index (κ2) is 8.92. The average Bonchev–Trinajstić information content (AvgIpc) is 2.94. The van der Waals surface area contributed by atoms with E-state index in [9.17, 15) is 24.6 Å². The molecule has 1 aliphatic heterocycles. The quantitative estimate of drug-likeness (QED) is 0.328. The van der Waals surface area contributed by atoms with Gasteiger partial charge in [-0.25, -0.2) is 9.59 Å². The molecule has 0 bridgehead atoms. The van der Waals surface area contributed by atoms with E-state index in [-0.39, 0.29) is 17.8 Å². The van der Waals surface area contributed by atoms with Crippen molar-refractivity contribution in [1.82, 2.24) is 0 Å². The molecule has 27 heavy (non-hydrogen) atoms. The van der Waals surface area contributed by atoms with Crippen LogP contribution in [0.2, 0.25) is 0 Å². The van der Waals surface area contributed by atoms with Gasteiger partial charge in [-0.1, -0.05) is 18.7 Å². The van der Waals surface area contributed by atoms with Gasteiger partial charge < -0.3 is 19.7 Å². The minimum absolute atomic E-state index is 0.0364. The van der Waals surface area contributed by atoms with Gasteiger partial charge in [-0.15, -0.1) is 0 Å². The Morgan fingerprint density at radius 1 is 1.48 bits per heavy atom. The highest BCUT2D eigenvalue weighted by atomic mass is 16.6. The first-order valence-electron chi connectivity index (χ1n) is 8.71. The summed E-state index contributed by atoms with van der Waals surface area (Å²) >= 11 is 0. The van der Waals surface area contributed by atoms with Crippen LogP contribution in [-0.2, 0) is 23.9 Å². The summed E-state index contributed by atoms with van der Waals surface area (Å²) in [4.78, 5) is 35.9. The van der Waals surface area contributed by atoms with E-state index in [1.807, 2.05) is 0 Å². The number of esters is 2. The van der Waals surface area contributed by atoms with Gasteiger partial charge in [0.1, 0.15) is 24.6 Å². The van der Waals surface area contributed by atoms with Gasteiger partial charge in [0.05, 0.1) is 12.5 Å². The van der Waals surface area contributed by atoms with Crippen molar-refractivity contribution < 1.29 is 34.1 Å². The number of rotatable bonds is 4. The summed E-state index contributed by atoms with van der Waals surface area (Å²) in [5.41, 5.74) is 1.00. The highest BCUT2D eigenvalue weighted by Gasteiger charge is 2.48. The standard InChI is InChI=1S/C20H24O7/c1-4-11(2)19(24)27-18-16-12(3)20(25)26-15(16)8-13(9-21)6-5-7-14(10-22)17(18)23/h4,7-8,10,15-18,21,23H,3,5-6,9H2,1-2H3/b11-4+,13-8?,14-7-/t15-,16+,17+,18+/m1/s1. The Bertz CT molecular complexity index is 729. The van der Waals surface area contributed by atoms with Gasteiger partial charge in [0.2, 0.25) is 0 Å². The molecule has 1 aliphatic carbocycles. The van der Waals surface area contributed by atoms with Crippen molar-refractivity contribution in [3.63, 3.8) is 0 Å². The summed E-state index contributed by atoms with van der Waals surface area (Å²) in [5.74, 6) is -2.24. The van der Waals surface area contributed by atoms with Crippen LogP contribution < -0.4 is 0 Å². The van der Waals surface area contributed by atoms with E-state index in [1.165, 1.54) is 6.08 Å². The lowest BCUT2D eigenvalue weighted by molar-refractivity contribution is -0.153. The third-order valence-corrected chi connectivity index (χ3v) is 4.85. The van der Waals surface area contributed by atoms with Crippen LogP contribution in [-0.4, -0.2) is 53.4 Å². The third-order valence-electron chi connectivity index (χ3n) is 4.85. The summed E-state index contributed by atoms with van der Waals surface area (Å²) in [6.07, 6.45) is 2.43. The molecule has 0 radical (unpaired) electrons. The maximum absolute atomic E-state index is 12.3. The molecule has 0 unspecified atom stereocenters. The van der Waals surface area contributed by atoms with Crippen molar-refractivity contribution in [2.45, 2.75) is 45.0 Å². The fourth-order valence-electron chi connectivity index (χ4n) is 3.10. The first kappa shape index (κ1) is 20.8. The van der Waals surface area contributed by atoms with Crippen LogP contribution in [0.1, 0.15) is 26.7 Å². The van der Waals surface area contributed by atoms with E-state index in [2.05, 4.69) is 6.58 Å². The number of ether oxygens (including phenoxy) is 2. The zero-order valence-electron chi connectivity index (χ0n) is 15.4. The zero-order valence-corrected chi connectivity index (χ0v) is 15.4. The molecule has 0 aromatic rings. The number of carbonyl (C=O) groups excluding carboxylic acids is 3. The Kier molecular flexibility index (Phi) is 6.87. The van der Waals surface area contributed by atoms with Crippen LogP contribution in [0.25, 0.3) is 0 Å². The van der Waals surface area contributed by atoms with Gasteiger partial charge in [0, 0.05) is 16.7 Å². The maximum atomic E-state index is 12.3. The van der Waals surface area contributed by atoms with Crippen LogP contribution in [0.3, 0.4) is 0 Å². The molecule has 0 aromatic carbocycles. The second-order valence-electron chi connectivity index (χ2n) is 6.55. The summed E-state index contributed by atoms with van der Waals surface area (Å²) < 4.78 is 10.8. The number of allylic oxidation sites excluding steroid dienone is 2.